The molecule has 2 aromatic carbocycles. The normalized spacial score (nSPS) is 10.9. The van der Waals surface area contributed by atoms with Crippen molar-refractivity contribution in [1.82, 2.24) is 4.57 Å². The van der Waals surface area contributed by atoms with E-state index in [0.29, 0.717) is 16.1 Å². The summed E-state index contributed by atoms with van der Waals surface area (Å²) in [5, 5.41) is 0.851. The Kier molecular flexibility index (Phi) is 3.23. The highest BCUT2D eigenvalue weighted by molar-refractivity contribution is 9.10. The van der Waals surface area contributed by atoms with Crippen LogP contribution in [0.1, 0.15) is 0 Å². The van der Waals surface area contributed by atoms with Gasteiger partial charge in [-0.25, -0.2) is 9.36 Å². The lowest BCUT2D eigenvalue weighted by molar-refractivity contribution is 0.504. The SMILES string of the molecule is O=c1oc2ccc(Br)cc2c(=O)n1-c1ccc(Cl)cc1. The molecule has 0 radical (unpaired) electrons. The Bertz CT molecular complexity index is 912. The zero-order valence-electron chi connectivity index (χ0n) is 9.97. The number of fused-ring (bicyclic) bond motifs is 1. The highest BCUT2D eigenvalue weighted by atomic mass is 79.9. The maximum absolute atomic E-state index is 12.4. The van der Waals surface area contributed by atoms with Crippen LogP contribution in [0.15, 0.2) is 60.9 Å². The molecular weight excluding hydrogens is 346 g/mol. The Balaban J connectivity index is 2.39. The summed E-state index contributed by atoms with van der Waals surface area (Å²) in [6.45, 7) is 0. The molecule has 6 heteroatoms. The van der Waals surface area contributed by atoms with Crippen molar-refractivity contribution in [2.24, 2.45) is 0 Å². The minimum absolute atomic E-state index is 0.258. The predicted octanol–water partition coefficient (Wildman–Crippen LogP) is 3.36. The molecule has 0 aliphatic heterocycles. The Labute approximate surface area is 126 Å². The number of benzene rings is 2. The first kappa shape index (κ1) is 13.1. The van der Waals surface area contributed by atoms with Crippen LogP contribution >= 0.6 is 27.5 Å². The molecular formula is C14H7BrClNO3. The van der Waals surface area contributed by atoms with Gasteiger partial charge in [-0.05, 0) is 42.5 Å². The maximum Gasteiger partial charge on any atom is 0.426 e. The van der Waals surface area contributed by atoms with Gasteiger partial charge in [0.1, 0.15) is 5.58 Å². The second-order valence-corrected chi connectivity index (χ2v) is 5.48. The van der Waals surface area contributed by atoms with Crippen molar-refractivity contribution in [3.63, 3.8) is 0 Å². The molecule has 4 nitrogen and oxygen atoms in total. The Morgan fingerprint density at radius 1 is 1.05 bits per heavy atom. The molecule has 20 heavy (non-hydrogen) atoms. The summed E-state index contributed by atoms with van der Waals surface area (Å²) in [5.41, 5.74) is 0.239. The van der Waals surface area contributed by atoms with Gasteiger partial charge in [0, 0.05) is 9.50 Å². The molecule has 3 aromatic rings. The molecule has 0 saturated heterocycles. The monoisotopic (exact) mass is 351 g/mol. The summed E-state index contributed by atoms with van der Waals surface area (Å²) < 4.78 is 6.88. The van der Waals surface area contributed by atoms with Gasteiger partial charge in [-0.2, -0.15) is 0 Å². The van der Waals surface area contributed by atoms with Gasteiger partial charge in [0.25, 0.3) is 5.56 Å². The molecule has 0 saturated carbocycles. The summed E-state index contributed by atoms with van der Waals surface area (Å²) >= 11 is 9.09. The minimum Gasteiger partial charge on any atom is -0.409 e. The van der Waals surface area contributed by atoms with E-state index >= 15 is 0 Å². The first-order valence-corrected chi connectivity index (χ1v) is 6.85. The average molecular weight is 353 g/mol. The van der Waals surface area contributed by atoms with Crippen molar-refractivity contribution in [3.8, 4) is 5.69 Å². The molecule has 0 aliphatic carbocycles. The van der Waals surface area contributed by atoms with E-state index in [1.165, 1.54) is 0 Å². The van der Waals surface area contributed by atoms with Crippen molar-refractivity contribution < 1.29 is 4.42 Å². The fourth-order valence-electron chi connectivity index (χ4n) is 1.91. The Morgan fingerprint density at radius 2 is 1.75 bits per heavy atom. The first-order chi connectivity index (χ1) is 9.56. The lowest BCUT2D eigenvalue weighted by atomic mass is 10.2. The number of hydrogen-bond donors (Lipinski definition) is 0. The fraction of sp³-hybridized carbons (Fsp3) is 0. The van der Waals surface area contributed by atoms with E-state index in [4.69, 9.17) is 16.0 Å². The minimum atomic E-state index is -0.729. The summed E-state index contributed by atoms with van der Waals surface area (Å²) in [6, 6.07) is 11.3. The van der Waals surface area contributed by atoms with Gasteiger partial charge in [-0.1, -0.05) is 27.5 Å². The molecule has 1 heterocycles. The van der Waals surface area contributed by atoms with E-state index in [0.717, 1.165) is 9.04 Å². The number of hydrogen-bond acceptors (Lipinski definition) is 3. The third-order valence-corrected chi connectivity index (χ3v) is 3.59. The zero-order chi connectivity index (χ0) is 14.3. The van der Waals surface area contributed by atoms with E-state index in [2.05, 4.69) is 15.9 Å². The van der Waals surface area contributed by atoms with Gasteiger partial charge in [0.15, 0.2) is 0 Å². The quantitative estimate of drug-likeness (QED) is 0.675. The van der Waals surface area contributed by atoms with Crippen LogP contribution in [0, 0.1) is 0 Å². The van der Waals surface area contributed by atoms with Crippen LogP contribution in [0.5, 0.6) is 0 Å². The Hall–Kier alpha value is -1.85. The van der Waals surface area contributed by atoms with Crippen molar-refractivity contribution >= 4 is 38.5 Å². The van der Waals surface area contributed by atoms with Gasteiger partial charge < -0.3 is 4.42 Å². The van der Waals surface area contributed by atoms with Crippen LogP contribution in [-0.2, 0) is 0 Å². The zero-order valence-corrected chi connectivity index (χ0v) is 12.3. The first-order valence-electron chi connectivity index (χ1n) is 5.67. The number of aromatic nitrogens is 1. The molecule has 0 fully saturated rings. The van der Waals surface area contributed by atoms with Gasteiger partial charge in [0.05, 0.1) is 11.1 Å². The second kappa shape index (κ2) is 4.92. The predicted molar refractivity (Wildman–Crippen MR) is 80.8 cm³/mol. The maximum atomic E-state index is 12.4. The van der Waals surface area contributed by atoms with E-state index in [-0.39, 0.29) is 5.58 Å². The van der Waals surface area contributed by atoms with E-state index in [1.54, 1.807) is 42.5 Å². The smallest absolute Gasteiger partial charge is 0.409 e. The lowest BCUT2D eigenvalue weighted by Gasteiger charge is -2.05. The molecule has 0 unspecified atom stereocenters. The molecule has 3 rings (SSSR count). The third kappa shape index (κ3) is 2.19. The topological polar surface area (TPSA) is 52.2 Å². The van der Waals surface area contributed by atoms with E-state index in [9.17, 15) is 9.59 Å². The van der Waals surface area contributed by atoms with Crippen LogP contribution in [0.3, 0.4) is 0 Å². The second-order valence-electron chi connectivity index (χ2n) is 4.13. The summed E-state index contributed by atoms with van der Waals surface area (Å²) in [4.78, 5) is 24.4. The Morgan fingerprint density at radius 3 is 2.45 bits per heavy atom. The van der Waals surface area contributed by atoms with Crippen LogP contribution in [0.4, 0.5) is 0 Å². The van der Waals surface area contributed by atoms with Crippen LogP contribution in [-0.4, -0.2) is 4.57 Å². The summed E-state index contributed by atoms with van der Waals surface area (Å²) in [7, 11) is 0. The molecule has 0 atom stereocenters. The van der Waals surface area contributed by atoms with Crippen molar-refractivity contribution in [2.75, 3.05) is 0 Å². The van der Waals surface area contributed by atoms with E-state index < -0.39 is 11.3 Å². The van der Waals surface area contributed by atoms with Gasteiger partial charge in [0.2, 0.25) is 0 Å². The molecule has 0 aliphatic rings. The number of halogens is 2. The molecule has 0 N–H and O–H groups in total. The van der Waals surface area contributed by atoms with E-state index in [1.807, 2.05) is 0 Å². The van der Waals surface area contributed by atoms with Gasteiger partial charge >= 0.3 is 5.76 Å². The highest BCUT2D eigenvalue weighted by Gasteiger charge is 2.11. The molecule has 0 amide bonds. The number of rotatable bonds is 1. The molecule has 100 valence electrons. The largest absolute Gasteiger partial charge is 0.426 e. The molecule has 0 bridgehead atoms. The van der Waals surface area contributed by atoms with Crippen molar-refractivity contribution in [3.05, 3.63) is 72.9 Å². The number of nitrogens with zero attached hydrogens (tertiary/aromatic N) is 1. The van der Waals surface area contributed by atoms with Crippen LogP contribution < -0.4 is 11.3 Å². The van der Waals surface area contributed by atoms with Crippen molar-refractivity contribution in [1.29, 1.82) is 0 Å². The average Bonchev–Trinajstić information content (AvgIpc) is 2.42. The summed E-state index contributed by atoms with van der Waals surface area (Å²) in [5.74, 6) is -0.729. The lowest BCUT2D eigenvalue weighted by Crippen LogP contribution is -2.30. The fourth-order valence-corrected chi connectivity index (χ4v) is 2.40. The van der Waals surface area contributed by atoms with Gasteiger partial charge in [-0.15, -0.1) is 0 Å². The summed E-state index contributed by atoms with van der Waals surface area (Å²) in [6.07, 6.45) is 0. The molecule has 1 aromatic heterocycles. The van der Waals surface area contributed by atoms with Gasteiger partial charge in [-0.3, -0.25) is 4.79 Å². The van der Waals surface area contributed by atoms with Crippen molar-refractivity contribution in [2.45, 2.75) is 0 Å². The third-order valence-electron chi connectivity index (χ3n) is 2.84. The van der Waals surface area contributed by atoms with Crippen LogP contribution in [0.25, 0.3) is 16.7 Å². The van der Waals surface area contributed by atoms with Crippen LogP contribution in [0.2, 0.25) is 5.02 Å². The standard InChI is InChI=1S/C14H7BrClNO3/c15-8-1-6-12-11(7-8)13(18)17(14(19)20-12)10-4-2-9(16)3-5-10/h1-7H. The highest BCUT2D eigenvalue weighted by Crippen LogP contribution is 2.17. The molecule has 0 spiro atoms.